The molecule has 0 aliphatic carbocycles. The average Bonchev–Trinajstić information content (AvgIpc) is 3.31. The van der Waals surface area contributed by atoms with Crippen molar-refractivity contribution >= 4 is 17.5 Å². The minimum Gasteiger partial charge on any atom is -0.507 e. The fourth-order valence-corrected chi connectivity index (χ4v) is 4.71. The molecular formula is C26H21ClFN3O2. The Bertz CT molecular complexity index is 1380. The molecule has 1 atom stereocenters. The molecule has 7 heteroatoms. The van der Waals surface area contributed by atoms with E-state index in [1.807, 2.05) is 44.2 Å². The molecule has 2 N–H and O–H groups in total. The van der Waals surface area contributed by atoms with Gasteiger partial charge in [0.15, 0.2) is 0 Å². The fraction of sp³-hybridized carbons (Fsp3) is 0.154. The number of aromatic hydroxyl groups is 1. The average molecular weight is 462 g/mol. The van der Waals surface area contributed by atoms with Crippen molar-refractivity contribution in [2.45, 2.75) is 26.4 Å². The van der Waals surface area contributed by atoms with Gasteiger partial charge in [0.2, 0.25) is 0 Å². The van der Waals surface area contributed by atoms with E-state index in [-0.39, 0.29) is 24.0 Å². The SMILES string of the molecule is Cc1cc(C)c(O)c(-c2n[nH]c3c2C(c2cccc(Cl)c2)N(Cc2ccc(F)cc2)C3=O)c1. The zero-order valence-corrected chi connectivity index (χ0v) is 18.8. The lowest BCUT2D eigenvalue weighted by Gasteiger charge is -2.27. The molecule has 4 aromatic rings. The molecule has 33 heavy (non-hydrogen) atoms. The first-order chi connectivity index (χ1) is 15.8. The van der Waals surface area contributed by atoms with E-state index < -0.39 is 6.04 Å². The highest BCUT2D eigenvalue weighted by atomic mass is 35.5. The standard InChI is InChI=1S/C26H21ClFN3O2/c1-14-10-15(2)25(32)20(11-14)22-21-23(30-29-22)26(33)31(13-16-6-8-19(28)9-7-16)24(21)17-4-3-5-18(27)12-17/h3-12,24,32H,13H2,1-2H3,(H,29,30). The van der Waals surface area contributed by atoms with Gasteiger partial charge < -0.3 is 10.0 Å². The first-order valence-electron chi connectivity index (χ1n) is 10.5. The summed E-state index contributed by atoms with van der Waals surface area (Å²) in [5.41, 5.74) is 5.47. The van der Waals surface area contributed by atoms with E-state index in [1.165, 1.54) is 12.1 Å². The Hall–Kier alpha value is -3.64. The van der Waals surface area contributed by atoms with E-state index in [1.54, 1.807) is 23.1 Å². The number of hydrogen-bond donors (Lipinski definition) is 2. The quantitative estimate of drug-likeness (QED) is 0.395. The summed E-state index contributed by atoms with van der Waals surface area (Å²) in [6.45, 7) is 4.06. The minimum absolute atomic E-state index is 0.129. The number of benzene rings is 3. The van der Waals surface area contributed by atoms with Crippen molar-refractivity contribution in [3.8, 4) is 17.0 Å². The van der Waals surface area contributed by atoms with Gasteiger partial charge in [0.05, 0.1) is 6.04 Å². The van der Waals surface area contributed by atoms with Crippen LogP contribution in [0.15, 0.2) is 60.7 Å². The summed E-state index contributed by atoms with van der Waals surface area (Å²) in [6, 6.07) is 16.7. The van der Waals surface area contributed by atoms with Gasteiger partial charge in [-0.3, -0.25) is 9.89 Å². The molecule has 1 aliphatic rings. The van der Waals surface area contributed by atoms with Crippen molar-refractivity contribution in [2.75, 3.05) is 0 Å². The van der Waals surface area contributed by atoms with Crippen LogP contribution in [0.4, 0.5) is 4.39 Å². The van der Waals surface area contributed by atoms with Gasteiger partial charge >= 0.3 is 0 Å². The van der Waals surface area contributed by atoms with E-state index in [0.29, 0.717) is 27.5 Å². The first kappa shape index (κ1) is 21.2. The second kappa shape index (κ2) is 8.05. The van der Waals surface area contributed by atoms with Crippen molar-refractivity contribution in [1.29, 1.82) is 0 Å². The van der Waals surface area contributed by atoms with Crippen LogP contribution in [0.5, 0.6) is 5.75 Å². The predicted molar refractivity (Wildman–Crippen MR) is 125 cm³/mol. The Kier molecular flexibility index (Phi) is 5.17. The van der Waals surface area contributed by atoms with Crippen LogP contribution in [0.25, 0.3) is 11.3 Å². The fourth-order valence-electron chi connectivity index (χ4n) is 4.52. The number of nitrogens with one attached hydrogen (secondary N) is 1. The van der Waals surface area contributed by atoms with Gasteiger partial charge in [-0.05, 0) is 66.4 Å². The highest BCUT2D eigenvalue weighted by molar-refractivity contribution is 6.30. The third-order valence-electron chi connectivity index (χ3n) is 5.99. The van der Waals surface area contributed by atoms with Gasteiger partial charge in [-0.2, -0.15) is 5.10 Å². The molecule has 0 fully saturated rings. The number of phenolic OH excluding ortho intramolecular Hbond substituents is 1. The number of hydrogen-bond acceptors (Lipinski definition) is 3. The maximum absolute atomic E-state index is 13.5. The second-order valence-corrected chi connectivity index (χ2v) is 8.79. The summed E-state index contributed by atoms with van der Waals surface area (Å²) in [5, 5.41) is 18.7. The number of aromatic amines is 1. The molecule has 1 amide bonds. The van der Waals surface area contributed by atoms with Gasteiger partial charge in [0, 0.05) is 22.7 Å². The smallest absolute Gasteiger partial charge is 0.273 e. The molecule has 0 radical (unpaired) electrons. The number of carbonyl (C=O) groups is 1. The lowest BCUT2D eigenvalue weighted by atomic mass is 9.94. The van der Waals surface area contributed by atoms with Crippen molar-refractivity contribution < 1.29 is 14.3 Å². The van der Waals surface area contributed by atoms with Crippen LogP contribution in [-0.4, -0.2) is 26.1 Å². The Morgan fingerprint density at radius 1 is 1.12 bits per heavy atom. The van der Waals surface area contributed by atoms with Gasteiger partial charge in [0.1, 0.15) is 23.0 Å². The topological polar surface area (TPSA) is 69.2 Å². The van der Waals surface area contributed by atoms with Crippen molar-refractivity contribution in [1.82, 2.24) is 15.1 Å². The number of amides is 1. The third kappa shape index (κ3) is 3.66. The minimum atomic E-state index is -0.481. The number of aryl methyl sites for hydroxylation is 2. The Balaban J connectivity index is 1.69. The Morgan fingerprint density at radius 3 is 2.61 bits per heavy atom. The molecule has 2 heterocycles. The summed E-state index contributed by atoms with van der Waals surface area (Å²) in [4.78, 5) is 15.2. The molecule has 1 unspecified atom stereocenters. The third-order valence-corrected chi connectivity index (χ3v) is 6.23. The molecule has 166 valence electrons. The number of nitrogens with zero attached hydrogens (tertiary/aromatic N) is 2. The van der Waals surface area contributed by atoms with Gasteiger partial charge in [0.25, 0.3) is 5.91 Å². The van der Waals surface area contributed by atoms with Crippen molar-refractivity contribution in [2.24, 2.45) is 0 Å². The molecule has 5 rings (SSSR count). The summed E-state index contributed by atoms with van der Waals surface area (Å²) in [6.07, 6.45) is 0. The monoisotopic (exact) mass is 461 g/mol. The molecule has 0 bridgehead atoms. The second-order valence-electron chi connectivity index (χ2n) is 8.36. The zero-order valence-electron chi connectivity index (χ0n) is 18.1. The van der Waals surface area contributed by atoms with Crippen LogP contribution in [0, 0.1) is 19.7 Å². The molecule has 0 saturated carbocycles. The molecule has 0 saturated heterocycles. The van der Waals surface area contributed by atoms with Gasteiger partial charge in [-0.25, -0.2) is 4.39 Å². The molecule has 1 aromatic heterocycles. The Morgan fingerprint density at radius 2 is 1.88 bits per heavy atom. The van der Waals surface area contributed by atoms with Gasteiger partial charge in [-0.1, -0.05) is 41.9 Å². The maximum Gasteiger partial charge on any atom is 0.273 e. The zero-order chi connectivity index (χ0) is 23.3. The molecule has 1 aliphatic heterocycles. The van der Waals surface area contributed by atoms with E-state index >= 15 is 0 Å². The molecular weight excluding hydrogens is 441 g/mol. The van der Waals surface area contributed by atoms with Crippen LogP contribution in [-0.2, 0) is 6.54 Å². The summed E-state index contributed by atoms with van der Waals surface area (Å²) >= 11 is 6.30. The predicted octanol–water partition coefficient (Wildman–Crippen LogP) is 5.94. The molecule has 0 spiro atoms. The van der Waals surface area contributed by atoms with E-state index in [9.17, 15) is 14.3 Å². The van der Waals surface area contributed by atoms with Crippen LogP contribution in [0.3, 0.4) is 0 Å². The number of H-pyrrole nitrogens is 1. The number of halogens is 2. The summed E-state index contributed by atoms with van der Waals surface area (Å²) in [5.74, 6) is -0.425. The summed E-state index contributed by atoms with van der Waals surface area (Å²) in [7, 11) is 0. The van der Waals surface area contributed by atoms with Crippen LogP contribution in [0.1, 0.15) is 44.3 Å². The summed E-state index contributed by atoms with van der Waals surface area (Å²) < 4.78 is 13.4. The largest absolute Gasteiger partial charge is 0.507 e. The van der Waals surface area contributed by atoms with E-state index in [4.69, 9.17) is 11.6 Å². The van der Waals surface area contributed by atoms with Crippen LogP contribution in [0.2, 0.25) is 5.02 Å². The Labute approximate surface area is 195 Å². The number of fused-ring (bicyclic) bond motifs is 1. The number of rotatable bonds is 4. The number of phenols is 1. The van der Waals surface area contributed by atoms with Crippen molar-refractivity contribution in [3.05, 3.63) is 105 Å². The van der Waals surface area contributed by atoms with Gasteiger partial charge in [-0.15, -0.1) is 0 Å². The highest BCUT2D eigenvalue weighted by Crippen LogP contribution is 2.46. The molecule has 3 aromatic carbocycles. The number of carbonyl (C=O) groups excluding carboxylic acids is 1. The highest BCUT2D eigenvalue weighted by Gasteiger charge is 2.42. The van der Waals surface area contributed by atoms with E-state index in [2.05, 4.69) is 10.2 Å². The van der Waals surface area contributed by atoms with Crippen molar-refractivity contribution in [3.63, 3.8) is 0 Å². The van der Waals surface area contributed by atoms with E-state index in [0.717, 1.165) is 22.3 Å². The molecule has 5 nitrogen and oxygen atoms in total. The lowest BCUT2D eigenvalue weighted by Crippen LogP contribution is -2.29. The maximum atomic E-state index is 13.5. The normalized spacial score (nSPS) is 15.2. The van der Waals surface area contributed by atoms with Crippen LogP contribution < -0.4 is 0 Å². The first-order valence-corrected chi connectivity index (χ1v) is 10.9. The van der Waals surface area contributed by atoms with Crippen LogP contribution >= 0.6 is 11.6 Å². The number of aromatic nitrogens is 2. The lowest BCUT2D eigenvalue weighted by molar-refractivity contribution is 0.0730.